The Morgan fingerprint density at radius 1 is 1.10 bits per heavy atom. The lowest BCUT2D eigenvalue weighted by molar-refractivity contribution is 0.0691. The van der Waals surface area contributed by atoms with Gasteiger partial charge in [-0.15, -0.1) is 11.3 Å². The highest BCUT2D eigenvalue weighted by atomic mass is 35.5. The van der Waals surface area contributed by atoms with Crippen LogP contribution in [-0.4, -0.2) is 59.5 Å². The van der Waals surface area contributed by atoms with Crippen LogP contribution in [-0.2, 0) is 10.0 Å². The van der Waals surface area contributed by atoms with Gasteiger partial charge >= 0.3 is 0 Å². The molecule has 0 radical (unpaired) electrons. The molecule has 1 saturated heterocycles. The predicted octanol–water partition coefficient (Wildman–Crippen LogP) is 2.87. The summed E-state index contributed by atoms with van der Waals surface area (Å²) in [6.07, 6.45) is 1.59. The van der Waals surface area contributed by atoms with Crippen molar-refractivity contribution in [3.8, 4) is 5.69 Å². The highest BCUT2D eigenvalue weighted by Gasteiger charge is 2.32. The summed E-state index contributed by atoms with van der Waals surface area (Å²) in [5, 5.41) is 4.23. The number of piperazine rings is 1. The maximum atomic E-state index is 13.4. The third kappa shape index (κ3) is 4.06. The zero-order valence-electron chi connectivity index (χ0n) is 15.0. The van der Waals surface area contributed by atoms with Crippen LogP contribution in [0, 0.1) is 5.82 Å². The van der Waals surface area contributed by atoms with E-state index in [9.17, 15) is 17.6 Å². The van der Waals surface area contributed by atoms with E-state index in [1.54, 1.807) is 35.4 Å². The summed E-state index contributed by atoms with van der Waals surface area (Å²) < 4.78 is 42.1. The van der Waals surface area contributed by atoms with Crippen LogP contribution >= 0.6 is 22.9 Å². The highest BCUT2D eigenvalue weighted by molar-refractivity contribution is 7.91. The van der Waals surface area contributed by atoms with E-state index in [2.05, 4.69) is 5.10 Å². The lowest BCUT2D eigenvalue weighted by Gasteiger charge is -2.33. The van der Waals surface area contributed by atoms with Gasteiger partial charge in [-0.25, -0.2) is 17.5 Å². The number of rotatable bonds is 4. The fourth-order valence-corrected chi connectivity index (χ4v) is 6.12. The Labute approximate surface area is 176 Å². The molecule has 1 fully saturated rings. The first kappa shape index (κ1) is 20.0. The first-order valence-electron chi connectivity index (χ1n) is 8.71. The summed E-state index contributed by atoms with van der Waals surface area (Å²) in [5.74, 6) is -0.688. The van der Waals surface area contributed by atoms with E-state index in [0.717, 1.165) is 11.3 Å². The van der Waals surface area contributed by atoms with Crippen LogP contribution in [0.5, 0.6) is 0 Å². The van der Waals surface area contributed by atoms with Gasteiger partial charge in [0, 0.05) is 32.4 Å². The molecule has 1 aromatic carbocycles. The lowest BCUT2D eigenvalue weighted by Crippen LogP contribution is -2.50. The Kier molecular flexibility index (Phi) is 5.43. The van der Waals surface area contributed by atoms with E-state index < -0.39 is 15.8 Å². The van der Waals surface area contributed by atoms with E-state index in [1.807, 2.05) is 0 Å². The van der Waals surface area contributed by atoms with Crippen LogP contribution < -0.4 is 0 Å². The molecule has 1 aliphatic rings. The van der Waals surface area contributed by atoms with Crippen molar-refractivity contribution in [2.75, 3.05) is 26.2 Å². The van der Waals surface area contributed by atoms with Gasteiger partial charge in [0.05, 0.1) is 10.0 Å². The lowest BCUT2D eigenvalue weighted by atomic mass is 10.3. The molecule has 0 unspecified atom stereocenters. The largest absolute Gasteiger partial charge is 0.335 e. The maximum absolute atomic E-state index is 13.4. The van der Waals surface area contributed by atoms with Gasteiger partial charge in [0.2, 0.25) is 0 Å². The van der Waals surface area contributed by atoms with Gasteiger partial charge < -0.3 is 4.90 Å². The summed E-state index contributed by atoms with van der Waals surface area (Å²) in [5.41, 5.74) is 0.727. The number of amides is 1. The maximum Gasteiger partial charge on any atom is 0.274 e. The minimum Gasteiger partial charge on any atom is -0.335 e. The summed E-state index contributed by atoms with van der Waals surface area (Å²) >= 11 is 6.86. The van der Waals surface area contributed by atoms with E-state index in [4.69, 9.17) is 11.6 Å². The van der Waals surface area contributed by atoms with Crippen LogP contribution in [0.15, 0.2) is 52.9 Å². The number of thiophene rings is 1. The minimum atomic E-state index is -3.62. The fraction of sp³-hybridized carbons (Fsp3) is 0.222. The molecular weight excluding hydrogens is 439 g/mol. The van der Waals surface area contributed by atoms with Crippen LogP contribution in [0.25, 0.3) is 5.69 Å². The van der Waals surface area contributed by atoms with Crippen molar-refractivity contribution in [1.29, 1.82) is 0 Å². The Balaban J connectivity index is 1.43. The molecule has 1 aliphatic heterocycles. The molecule has 0 N–H and O–H groups in total. The Morgan fingerprint density at radius 3 is 2.52 bits per heavy atom. The first-order valence-corrected chi connectivity index (χ1v) is 11.3. The molecule has 3 aromatic rings. The monoisotopic (exact) mass is 454 g/mol. The molecule has 0 spiro atoms. The summed E-state index contributed by atoms with van der Waals surface area (Å²) in [6.45, 7) is 0.885. The first-order chi connectivity index (χ1) is 13.8. The predicted molar refractivity (Wildman–Crippen MR) is 108 cm³/mol. The molecule has 11 heteroatoms. The minimum absolute atomic E-state index is 0.189. The molecule has 4 rings (SSSR count). The normalized spacial score (nSPS) is 15.6. The van der Waals surface area contributed by atoms with Crippen LogP contribution in [0.4, 0.5) is 4.39 Å². The molecule has 0 atom stereocenters. The number of nitrogens with zero attached hydrogens (tertiary/aromatic N) is 4. The highest BCUT2D eigenvalue weighted by Crippen LogP contribution is 2.28. The SMILES string of the molecule is O=C(c1ccn(-c2cccc(F)c2)n1)N1CCN(S(=O)(=O)c2ccc(Cl)s2)CC1. The van der Waals surface area contributed by atoms with Crippen LogP contribution in [0.1, 0.15) is 10.5 Å². The molecular formula is C18H16ClFN4O3S2. The summed E-state index contributed by atoms with van der Waals surface area (Å²) in [6, 6.07) is 10.5. The Morgan fingerprint density at radius 2 is 1.86 bits per heavy atom. The van der Waals surface area contributed by atoms with Crippen LogP contribution in [0.3, 0.4) is 0 Å². The van der Waals surface area contributed by atoms with Gasteiger partial charge in [-0.05, 0) is 36.4 Å². The third-order valence-corrected chi connectivity index (χ3v) is 8.15. The number of halogens is 2. The van der Waals surface area contributed by atoms with Gasteiger partial charge in [0.1, 0.15) is 10.0 Å². The van der Waals surface area contributed by atoms with Gasteiger partial charge in [-0.3, -0.25) is 4.79 Å². The standard InChI is InChI=1S/C18H16ClFN4O3S2/c19-16-4-5-17(28-16)29(26,27)23-10-8-22(9-11-23)18(25)15-6-7-24(21-15)14-3-1-2-13(20)12-14/h1-7,12H,8-11H2. The summed E-state index contributed by atoms with van der Waals surface area (Å²) in [7, 11) is -3.62. The van der Waals surface area contributed by atoms with Crippen molar-refractivity contribution in [2.24, 2.45) is 0 Å². The fourth-order valence-electron chi connectivity index (χ4n) is 3.06. The quantitative estimate of drug-likeness (QED) is 0.607. The van der Waals surface area contributed by atoms with Crippen molar-refractivity contribution < 1.29 is 17.6 Å². The van der Waals surface area contributed by atoms with Crippen molar-refractivity contribution in [2.45, 2.75) is 4.21 Å². The number of carbonyl (C=O) groups excluding carboxylic acids is 1. The second-order valence-corrected chi connectivity index (χ2v) is 10.3. The molecule has 152 valence electrons. The second-order valence-electron chi connectivity index (χ2n) is 6.38. The smallest absolute Gasteiger partial charge is 0.274 e. The van der Waals surface area contributed by atoms with Crippen LogP contribution in [0.2, 0.25) is 4.34 Å². The average molecular weight is 455 g/mol. The average Bonchev–Trinajstić information content (AvgIpc) is 3.37. The molecule has 0 aliphatic carbocycles. The molecule has 2 aromatic heterocycles. The number of carbonyl (C=O) groups is 1. The van der Waals surface area contributed by atoms with E-state index in [0.29, 0.717) is 10.0 Å². The van der Waals surface area contributed by atoms with Gasteiger partial charge in [0.25, 0.3) is 15.9 Å². The van der Waals surface area contributed by atoms with E-state index >= 15 is 0 Å². The summed E-state index contributed by atoms with van der Waals surface area (Å²) in [4.78, 5) is 14.3. The number of hydrogen-bond acceptors (Lipinski definition) is 5. The third-order valence-electron chi connectivity index (χ3n) is 4.55. The molecule has 0 bridgehead atoms. The number of benzene rings is 1. The van der Waals surface area contributed by atoms with Gasteiger partial charge in [0.15, 0.2) is 5.69 Å². The topological polar surface area (TPSA) is 75.5 Å². The van der Waals surface area contributed by atoms with Crippen molar-refractivity contribution in [3.63, 3.8) is 0 Å². The number of aromatic nitrogens is 2. The molecule has 0 saturated carbocycles. The Bertz CT molecular complexity index is 1150. The van der Waals surface area contributed by atoms with Crippen molar-refractivity contribution >= 4 is 38.9 Å². The molecule has 3 heterocycles. The number of sulfonamides is 1. The number of hydrogen-bond donors (Lipinski definition) is 0. The van der Waals surface area contributed by atoms with Gasteiger partial charge in [-0.2, -0.15) is 9.40 Å². The van der Waals surface area contributed by atoms with Crippen molar-refractivity contribution in [3.05, 3.63) is 64.5 Å². The molecule has 7 nitrogen and oxygen atoms in total. The van der Waals surface area contributed by atoms with Crippen molar-refractivity contribution in [1.82, 2.24) is 19.0 Å². The van der Waals surface area contributed by atoms with E-state index in [1.165, 1.54) is 27.2 Å². The second kappa shape index (κ2) is 7.86. The van der Waals surface area contributed by atoms with Gasteiger partial charge in [-0.1, -0.05) is 17.7 Å². The zero-order chi connectivity index (χ0) is 20.6. The van der Waals surface area contributed by atoms with E-state index in [-0.39, 0.29) is 42.0 Å². The molecule has 29 heavy (non-hydrogen) atoms. The Hall–Kier alpha value is -2.27. The zero-order valence-corrected chi connectivity index (χ0v) is 17.4. The molecule has 1 amide bonds.